The van der Waals surface area contributed by atoms with Crippen molar-refractivity contribution in [1.82, 2.24) is 9.88 Å². The van der Waals surface area contributed by atoms with Gasteiger partial charge in [0, 0.05) is 43.1 Å². The summed E-state index contributed by atoms with van der Waals surface area (Å²) in [5, 5.41) is 0. The number of piperidine rings is 1. The largest absolute Gasteiger partial charge is 0.380 e. The second kappa shape index (κ2) is 9.88. The van der Waals surface area contributed by atoms with E-state index >= 15 is 0 Å². The predicted molar refractivity (Wildman–Crippen MR) is 123 cm³/mol. The van der Waals surface area contributed by atoms with Gasteiger partial charge in [-0.05, 0) is 67.1 Å². The molecule has 0 aliphatic carbocycles. The van der Waals surface area contributed by atoms with Gasteiger partial charge in [0.25, 0.3) is 5.91 Å². The van der Waals surface area contributed by atoms with Crippen LogP contribution in [0.25, 0.3) is 0 Å². The first-order valence-electron chi connectivity index (χ1n) is 11.0. The van der Waals surface area contributed by atoms with Crippen LogP contribution in [0.3, 0.4) is 0 Å². The van der Waals surface area contributed by atoms with E-state index in [-0.39, 0.29) is 11.8 Å². The van der Waals surface area contributed by atoms with E-state index in [1.165, 1.54) is 11.1 Å². The van der Waals surface area contributed by atoms with Crippen LogP contribution in [0, 0.1) is 6.92 Å². The maximum atomic E-state index is 13.1. The Morgan fingerprint density at radius 3 is 2.55 bits per heavy atom. The van der Waals surface area contributed by atoms with Gasteiger partial charge in [0.15, 0.2) is 0 Å². The molecule has 2 heterocycles. The van der Waals surface area contributed by atoms with Crippen LogP contribution >= 0.6 is 0 Å². The van der Waals surface area contributed by atoms with E-state index in [9.17, 15) is 4.79 Å². The van der Waals surface area contributed by atoms with Crippen molar-refractivity contribution in [3.05, 3.63) is 100 Å². The first kappa shape index (κ1) is 21.3. The lowest BCUT2D eigenvalue weighted by molar-refractivity contribution is 0.0706. The number of methoxy groups -OCH3 is 1. The van der Waals surface area contributed by atoms with Gasteiger partial charge in [0.2, 0.25) is 0 Å². The molecule has 1 aliphatic heterocycles. The van der Waals surface area contributed by atoms with Crippen LogP contribution in [-0.4, -0.2) is 36.0 Å². The lowest BCUT2D eigenvalue weighted by Gasteiger charge is -2.33. The number of aromatic nitrogens is 1. The molecule has 1 saturated heterocycles. The van der Waals surface area contributed by atoms with Crippen LogP contribution in [0.2, 0.25) is 0 Å². The molecule has 160 valence electrons. The van der Waals surface area contributed by atoms with Crippen LogP contribution in [0.1, 0.15) is 57.2 Å². The van der Waals surface area contributed by atoms with Crippen molar-refractivity contribution in [2.75, 3.05) is 20.2 Å². The predicted octanol–water partition coefficient (Wildman–Crippen LogP) is 5.15. The Kier molecular flexibility index (Phi) is 6.78. The minimum atomic E-state index is 0.103. The van der Waals surface area contributed by atoms with E-state index in [2.05, 4.69) is 43.3 Å². The fraction of sp³-hybridized carbons (Fsp3) is 0.333. The highest BCUT2D eigenvalue weighted by Crippen LogP contribution is 2.28. The van der Waals surface area contributed by atoms with Gasteiger partial charge < -0.3 is 9.64 Å². The van der Waals surface area contributed by atoms with Gasteiger partial charge in [-0.2, -0.15) is 0 Å². The molecular weight excluding hydrogens is 384 g/mol. The van der Waals surface area contributed by atoms with E-state index in [0.29, 0.717) is 6.61 Å². The summed E-state index contributed by atoms with van der Waals surface area (Å²) in [6, 6.07) is 22.7. The second-order valence-electron chi connectivity index (χ2n) is 8.42. The summed E-state index contributed by atoms with van der Waals surface area (Å²) in [6.45, 7) is 4.15. The van der Waals surface area contributed by atoms with Crippen molar-refractivity contribution in [2.45, 2.75) is 38.7 Å². The smallest absolute Gasteiger partial charge is 0.253 e. The van der Waals surface area contributed by atoms with Crippen molar-refractivity contribution in [3.63, 3.8) is 0 Å². The Balaban J connectivity index is 1.48. The van der Waals surface area contributed by atoms with Crippen LogP contribution in [0.5, 0.6) is 0 Å². The van der Waals surface area contributed by atoms with Gasteiger partial charge in [-0.25, -0.2) is 0 Å². The first-order chi connectivity index (χ1) is 15.1. The van der Waals surface area contributed by atoms with Crippen LogP contribution < -0.4 is 0 Å². The van der Waals surface area contributed by atoms with E-state index in [4.69, 9.17) is 9.72 Å². The van der Waals surface area contributed by atoms with Crippen molar-refractivity contribution >= 4 is 5.91 Å². The average molecular weight is 415 g/mol. The van der Waals surface area contributed by atoms with Crippen LogP contribution in [-0.2, 0) is 17.8 Å². The third-order valence-corrected chi connectivity index (χ3v) is 5.92. The van der Waals surface area contributed by atoms with Crippen LogP contribution in [0.4, 0.5) is 0 Å². The van der Waals surface area contributed by atoms with Crippen molar-refractivity contribution in [2.24, 2.45) is 0 Å². The highest BCUT2D eigenvalue weighted by atomic mass is 16.5. The molecule has 0 spiro atoms. The molecule has 1 aromatic heterocycles. The summed E-state index contributed by atoms with van der Waals surface area (Å²) in [6.07, 6.45) is 2.97. The van der Waals surface area contributed by atoms with E-state index in [0.717, 1.165) is 54.9 Å². The van der Waals surface area contributed by atoms with Crippen molar-refractivity contribution < 1.29 is 9.53 Å². The second-order valence-corrected chi connectivity index (χ2v) is 8.42. The fourth-order valence-electron chi connectivity index (χ4n) is 4.41. The highest BCUT2D eigenvalue weighted by Gasteiger charge is 2.26. The Bertz CT molecular complexity index is 1020. The summed E-state index contributed by atoms with van der Waals surface area (Å²) >= 11 is 0. The Morgan fingerprint density at radius 1 is 1.03 bits per heavy atom. The Morgan fingerprint density at radius 2 is 1.81 bits per heavy atom. The monoisotopic (exact) mass is 414 g/mol. The van der Waals surface area contributed by atoms with Crippen LogP contribution in [0.15, 0.2) is 66.7 Å². The fourth-order valence-corrected chi connectivity index (χ4v) is 4.41. The van der Waals surface area contributed by atoms with E-state index < -0.39 is 0 Å². The molecule has 1 aliphatic rings. The van der Waals surface area contributed by atoms with Gasteiger partial charge in [0.05, 0.1) is 6.61 Å². The van der Waals surface area contributed by atoms with Crippen molar-refractivity contribution in [3.8, 4) is 0 Å². The molecular formula is C27H30N2O2. The first-order valence-corrected chi connectivity index (χ1v) is 11.0. The quantitative estimate of drug-likeness (QED) is 0.560. The normalized spacial score (nSPS) is 16.3. The van der Waals surface area contributed by atoms with Gasteiger partial charge >= 0.3 is 0 Å². The molecule has 1 atom stereocenters. The number of benzene rings is 2. The molecule has 0 bridgehead atoms. The molecule has 3 aromatic rings. The number of likely N-dealkylation sites (tertiary alicyclic amines) is 1. The SMILES string of the molecule is COCc1ccc(C(=O)N2CCCC(c3cc(Cc4ccccc4)cc(C)n3)C2)cc1. The maximum absolute atomic E-state index is 13.1. The molecule has 4 nitrogen and oxygen atoms in total. The minimum Gasteiger partial charge on any atom is -0.380 e. The average Bonchev–Trinajstić information content (AvgIpc) is 2.80. The number of carbonyl (C=O) groups is 1. The molecule has 4 heteroatoms. The number of ether oxygens (including phenoxy) is 1. The zero-order chi connectivity index (χ0) is 21.6. The summed E-state index contributed by atoms with van der Waals surface area (Å²) in [7, 11) is 1.68. The number of pyridine rings is 1. The molecule has 1 unspecified atom stereocenters. The minimum absolute atomic E-state index is 0.103. The summed E-state index contributed by atoms with van der Waals surface area (Å²) in [4.78, 5) is 19.9. The number of rotatable bonds is 6. The molecule has 4 rings (SSSR count). The number of nitrogens with zero attached hydrogens (tertiary/aromatic N) is 2. The number of hydrogen-bond donors (Lipinski definition) is 0. The number of carbonyl (C=O) groups excluding carboxylic acids is 1. The highest BCUT2D eigenvalue weighted by molar-refractivity contribution is 5.94. The number of amides is 1. The van der Waals surface area contributed by atoms with Gasteiger partial charge in [-0.15, -0.1) is 0 Å². The third-order valence-electron chi connectivity index (χ3n) is 5.92. The molecule has 0 N–H and O–H groups in total. The van der Waals surface area contributed by atoms with E-state index in [1.54, 1.807) is 7.11 Å². The number of aryl methyl sites for hydroxylation is 1. The lowest BCUT2D eigenvalue weighted by Crippen LogP contribution is -2.39. The zero-order valence-corrected chi connectivity index (χ0v) is 18.4. The lowest BCUT2D eigenvalue weighted by atomic mass is 9.92. The Labute approximate surface area is 184 Å². The molecule has 2 aromatic carbocycles. The van der Waals surface area contributed by atoms with Gasteiger partial charge in [-0.3, -0.25) is 9.78 Å². The maximum Gasteiger partial charge on any atom is 0.253 e. The standard InChI is InChI=1S/C27H30N2O2/c1-20-15-23(16-21-7-4-3-5-8-21)17-26(28-20)25-9-6-14-29(18-25)27(30)24-12-10-22(11-13-24)19-31-2/h3-5,7-8,10-13,15,17,25H,6,9,14,16,18-19H2,1-2H3. The molecule has 0 radical (unpaired) electrons. The summed E-state index contributed by atoms with van der Waals surface area (Å²) in [5.41, 5.74) is 6.55. The third kappa shape index (κ3) is 5.39. The van der Waals surface area contributed by atoms with Crippen molar-refractivity contribution in [1.29, 1.82) is 0 Å². The number of hydrogen-bond acceptors (Lipinski definition) is 3. The Hall–Kier alpha value is -2.98. The molecule has 0 saturated carbocycles. The summed E-state index contributed by atoms with van der Waals surface area (Å²) in [5.74, 6) is 0.380. The molecule has 1 amide bonds. The molecule has 31 heavy (non-hydrogen) atoms. The summed E-state index contributed by atoms with van der Waals surface area (Å²) < 4.78 is 5.16. The van der Waals surface area contributed by atoms with Gasteiger partial charge in [-0.1, -0.05) is 42.5 Å². The zero-order valence-electron chi connectivity index (χ0n) is 18.4. The van der Waals surface area contributed by atoms with E-state index in [1.807, 2.05) is 35.2 Å². The topological polar surface area (TPSA) is 42.4 Å². The van der Waals surface area contributed by atoms with Gasteiger partial charge in [0.1, 0.15) is 0 Å². The molecule has 1 fully saturated rings.